The summed E-state index contributed by atoms with van der Waals surface area (Å²) in [4.78, 5) is 13.6. The summed E-state index contributed by atoms with van der Waals surface area (Å²) in [5.41, 5.74) is 2.17. The van der Waals surface area contributed by atoms with E-state index in [1.165, 1.54) is 19.3 Å². The van der Waals surface area contributed by atoms with Gasteiger partial charge in [-0.05, 0) is 55.9 Å². The van der Waals surface area contributed by atoms with Crippen molar-refractivity contribution in [2.45, 2.75) is 32.1 Å². The molecule has 3 nitrogen and oxygen atoms in total. The van der Waals surface area contributed by atoms with Crippen LogP contribution < -0.4 is 10.2 Å². The minimum absolute atomic E-state index is 0.250. The van der Waals surface area contributed by atoms with Crippen LogP contribution in [0.5, 0.6) is 0 Å². The molecule has 3 heteroatoms. The number of nitrogens with zero attached hydrogens (tertiary/aromatic N) is 1. The molecule has 20 heavy (non-hydrogen) atoms. The lowest BCUT2D eigenvalue weighted by molar-refractivity contribution is -0.117. The van der Waals surface area contributed by atoms with Crippen molar-refractivity contribution in [2.75, 3.05) is 23.3 Å². The second-order valence-electron chi connectivity index (χ2n) is 5.73. The highest BCUT2D eigenvalue weighted by molar-refractivity contribution is 5.95. The van der Waals surface area contributed by atoms with Crippen molar-refractivity contribution in [3.8, 4) is 0 Å². The molecule has 1 amide bonds. The molecule has 1 unspecified atom stereocenters. The SMILES string of the molecule is O=C1CCCN1c1ccc(NCC2CC=CCC2)cc1. The van der Waals surface area contributed by atoms with Crippen LogP contribution in [-0.4, -0.2) is 19.0 Å². The Balaban J connectivity index is 1.56. The van der Waals surface area contributed by atoms with Crippen LogP contribution in [0.15, 0.2) is 36.4 Å². The molecule has 0 radical (unpaired) electrons. The van der Waals surface area contributed by atoms with Crippen LogP contribution in [-0.2, 0) is 4.79 Å². The number of benzene rings is 1. The van der Waals surface area contributed by atoms with Crippen molar-refractivity contribution in [1.29, 1.82) is 0 Å². The summed E-state index contributed by atoms with van der Waals surface area (Å²) in [5, 5.41) is 3.51. The lowest BCUT2D eigenvalue weighted by atomic mass is 9.94. The maximum absolute atomic E-state index is 11.7. The zero-order valence-electron chi connectivity index (χ0n) is 11.8. The van der Waals surface area contributed by atoms with Gasteiger partial charge in [0.25, 0.3) is 0 Å². The molecule has 0 bridgehead atoms. The fourth-order valence-corrected chi connectivity index (χ4v) is 2.98. The van der Waals surface area contributed by atoms with Gasteiger partial charge in [-0.2, -0.15) is 0 Å². The Morgan fingerprint density at radius 3 is 2.70 bits per heavy atom. The van der Waals surface area contributed by atoms with Crippen molar-refractivity contribution >= 4 is 17.3 Å². The fraction of sp³-hybridized carbons (Fsp3) is 0.471. The monoisotopic (exact) mass is 270 g/mol. The molecule has 0 saturated carbocycles. The van der Waals surface area contributed by atoms with Crippen molar-refractivity contribution in [3.63, 3.8) is 0 Å². The predicted molar refractivity (Wildman–Crippen MR) is 83.0 cm³/mol. The standard InChI is InChI=1S/C17H22N2O/c20-17-7-4-12-19(17)16-10-8-15(9-11-16)18-13-14-5-2-1-3-6-14/h1-2,8-11,14,18H,3-7,12-13H2. The Labute approximate surface area is 120 Å². The third kappa shape index (κ3) is 3.03. The number of hydrogen-bond acceptors (Lipinski definition) is 2. The van der Waals surface area contributed by atoms with Crippen LogP contribution in [0.4, 0.5) is 11.4 Å². The summed E-state index contributed by atoms with van der Waals surface area (Å²) in [5.74, 6) is 1.000. The average Bonchev–Trinajstić information content (AvgIpc) is 2.93. The Hall–Kier alpha value is -1.77. The van der Waals surface area contributed by atoms with E-state index in [4.69, 9.17) is 0 Å². The molecular weight excluding hydrogens is 248 g/mol. The summed E-state index contributed by atoms with van der Waals surface area (Å²) in [6.45, 7) is 1.90. The van der Waals surface area contributed by atoms with Gasteiger partial charge in [0.05, 0.1) is 0 Å². The van der Waals surface area contributed by atoms with E-state index in [2.05, 4.69) is 29.6 Å². The molecule has 2 aliphatic rings. The molecule has 1 atom stereocenters. The Morgan fingerprint density at radius 2 is 2.05 bits per heavy atom. The van der Waals surface area contributed by atoms with Crippen LogP contribution in [0.25, 0.3) is 0 Å². The van der Waals surface area contributed by atoms with Crippen molar-refractivity contribution in [1.82, 2.24) is 0 Å². The molecule has 1 N–H and O–H groups in total. The third-order valence-electron chi connectivity index (χ3n) is 4.22. The molecule has 3 rings (SSSR count). The molecule has 106 valence electrons. The summed E-state index contributed by atoms with van der Waals surface area (Å²) >= 11 is 0. The van der Waals surface area contributed by atoms with Gasteiger partial charge in [-0.3, -0.25) is 4.79 Å². The number of amides is 1. The van der Waals surface area contributed by atoms with E-state index in [0.717, 1.165) is 36.8 Å². The molecule has 1 saturated heterocycles. The minimum atomic E-state index is 0.250. The zero-order chi connectivity index (χ0) is 13.8. The lowest BCUT2D eigenvalue weighted by Crippen LogP contribution is -2.23. The number of nitrogens with one attached hydrogen (secondary N) is 1. The lowest BCUT2D eigenvalue weighted by Gasteiger charge is -2.20. The van der Waals surface area contributed by atoms with Gasteiger partial charge in [0.15, 0.2) is 0 Å². The van der Waals surface area contributed by atoms with Gasteiger partial charge < -0.3 is 10.2 Å². The molecule has 1 aliphatic heterocycles. The topological polar surface area (TPSA) is 32.3 Å². The minimum Gasteiger partial charge on any atom is -0.385 e. The normalized spacial score (nSPS) is 22.3. The van der Waals surface area contributed by atoms with E-state index in [0.29, 0.717) is 6.42 Å². The van der Waals surface area contributed by atoms with E-state index in [-0.39, 0.29) is 5.91 Å². The Bertz CT molecular complexity index is 492. The van der Waals surface area contributed by atoms with E-state index in [9.17, 15) is 4.79 Å². The van der Waals surface area contributed by atoms with Gasteiger partial charge in [0.1, 0.15) is 0 Å². The highest BCUT2D eigenvalue weighted by Crippen LogP contribution is 2.24. The summed E-state index contributed by atoms with van der Waals surface area (Å²) in [6.07, 6.45) is 9.92. The number of carbonyl (C=O) groups excluding carboxylic acids is 1. The number of hydrogen-bond donors (Lipinski definition) is 1. The van der Waals surface area contributed by atoms with Gasteiger partial charge >= 0.3 is 0 Å². The maximum atomic E-state index is 11.7. The van der Waals surface area contributed by atoms with Crippen LogP contribution in [0.1, 0.15) is 32.1 Å². The zero-order valence-corrected chi connectivity index (χ0v) is 11.8. The van der Waals surface area contributed by atoms with E-state index < -0.39 is 0 Å². The Morgan fingerprint density at radius 1 is 1.20 bits per heavy atom. The van der Waals surface area contributed by atoms with Gasteiger partial charge in [-0.15, -0.1) is 0 Å². The number of anilines is 2. The highest BCUT2D eigenvalue weighted by atomic mass is 16.2. The number of rotatable bonds is 4. The molecule has 1 aromatic carbocycles. The van der Waals surface area contributed by atoms with Gasteiger partial charge in [0, 0.05) is 30.9 Å². The summed E-state index contributed by atoms with van der Waals surface area (Å²) in [6, 6.07) is 8.26. The largest absolute Gasteiger partial charge is 0.385 e. The van der Waals surface area contributed by atoms with Gasteiger partial charge in [-0.25, -0.2) is 0 Å². The Kier molecular flexibility index (Phi) is 4.05. The summed E-state index contributed by atoms with van der Waals surface area (Å²) < 4.78 is 0. The second kappa shape index (κ2) is 6.12. The second-order valence-corrected chi connectivity index (χ2v) is 5.73. The maximum Gasteiger partial charge on any atom is 0.227 e. The third-order valence-corrected chi connectivity index (χ3v) is 4.22. The first kappa shape index (κ1) is 13.2. The smallest absolute Gasteiger partial charge is 0.227 e. The molecule has 1 heterocycles. The first-order valence-electron chi connectivity index (χ1n) is 7.62. The molecule has 0 spiro atoms. The number of carbonyl (C=O) groups is 1. The predicted octanol–water partition coefficient (Wildman–Crippen LogP) is 3.58. The average molecular weight is 270 g/mol. The van der Waals surface area contributed by atoms with Crippen molar-refractivity contribution in [3.05, 3.63) is 36.4 Å². The first-order chi connectivity index (χ1) is 9.83. The van der Waals surface area contributed by atoms with Crippen molar-refractivity contribution in [2.24, 2.45) is 5.92 Å². The molecule has 0 aromatic heterocycles. The summed E-state index contributed by atoms with van der Waals surface area (Å²) in [7, 11) is 0. The quantitative estimate of drug-likeness (QED) is 0.848. The van der Waals surface area contributed by atoms with E-state index >= 15 is 0 Å². The van der Waals surface area contributed by atoms with Crippen molar-refractivity contribution < 1.29 is 4.79 Å². The van der Waals surface area contributed by atoms with Crippen LogP contribution in [0, 0.1) is 5.92 Å². The molecular formula is C17H22N2O. The van der Waals surface area contributed by atoms with Crippen LogP contribution in [0.2, 0.25) is 0 Å². The van der Waals surface area contributed by atoms with Crippen LogP contribution >= 0.6 is 0 Å². The first-order valence-corrected chi connectivity index (χ1v) is 7.62. The number of allylic oxidation sites excluding steroid dienone is 2. The van der Waals surface area contributed by atoms with Gasteiger partial charge in [0.2, 0.25) is 5.91 Å². The highest BCUT2D eigenvalue weighted by Gasteiger charge is 2.21. The molecule has 1 fully saturated rings. The van der Waals surface area contributed by atoms with Crippen LogP contribution in [0.3, 0.4) is 0 Å². The van der Waals surface area contributed by atoms with E-state index in [1.54, 1.807) is 0 Å². The molecule has 1 aromatic rings. The van der Waals surface area contributed by atoms with Gasteiger partial charge in [-0.1, -0.05) is 12.2 Å². The fourth-order valence-electron chi connectivity index (χ4n) is 2.98. The van der Waals surface area contributed by atoms with E-state index in [1.807, 2.05) is 17.0 Å². The molecule has 1 aliphatic carbocycles.